The Morgan fingerprint density at radius 2 is 2.47 bits per heavy atom. The number of nitrogens with two attached hydrogens (primary N) is 1. The minimum atomic E-state index is 0.159. The fourth-order valence-corrected chi connectivity index (χ4v) is 1.65. The van der Waals surface area contributed by atoms with Gasteiger partial charge < -0.3 is 15.0 Å². The lowest BCUT2D eigenvalue weighted by Crippen LogP contribution is -2.16. The van der Waals surface area contributed by atoms with Crippen LogP contribution in [0.5, 0.6) is 0 Å². The molecule has 2 unspecified atom stereocenters. The summed E-state index contributed by atoms with van der Waals surface area (Å²) in [4.78, 5) is 4.37. The Morgan fingerprint density at radius 1 is 1.60 bits per heavy atom. The molecule has 2 heterocycles. The van der Waals surface area contributed by atoms with Crippen LogP contribution in [-0.4, -0.2) is 29.9 Å². The summed E-state index contributed by atoms with van der Waals surface area (Å²) in [6.45, 7) is 4.07. The van der Waals surface area contributed by atoms with Crippen molar-refractivity contribution in [3.8, 4) is 0 Å². The third-order valence-corrected chi connectivity index (χ3v) is 2.76. The quantitative estimate of drug-likeness (QED) is 0.808. The van der Waals surface area contributed by atoms with Gasteiger partial charge in [-0.1, -0.05) is 12.1 Å². The number of hydrogen-bond acceptors (Lipinski definition) is 5. The van der Waals surface area contributed by atoms with Crippen molar-refractivity contribution in [2.24, 2.45) is 5.73 Å². The monoisotopic (exact) mass is 211 g/mol. The third-order valence-electron chi connectivity index (χ3n) is 2.76. The van der Waals surface area contributed by atoms with Crippen LogP contribution in [0.4, 0.5) is 0 Å². The largest absolute Gasteiger partial charge is 0.381 e. The van der Waals surface area contributed by atoms with Gasteiger partial charge in [0.05, 0.1) is 12.5 Å². The molecule has 1 aliphatic heterocycles. The predicted octanol–water partition coefficient (Wildman–Crippen LogP) is 1.03. The number of aromatic nitrogens is 2. The molecular weight excluding hydrogens is 194 g/mol. The molecule has 0 amide bonds. The highest BCUT2D eigenvalue weighted by Crippen LogP contribution is 2.24. The molecule has 0 saturated carbocycles. The van der Waals surface area contributed by atoms with Gasteiger partial charge in [-0.3, -0.25) is 0 Å². The molecule has 2 N–H and O–H groups in total. The van der Waals surface area contributed by atoms with Crippen LogP contribution in [0.3, 0.4) is 0 Å². The van der Waals surface area contributed by atoms with Gasteiger partial charge in [0.1, 0.15) is 0 Å². The van der Waals surface area contributed by atoms with E-state index in [0.717, 1.165) is 19.4 Å². The standard InChI is InChI=1S/C10H17N3O2/c1-7(5-11)9-12-10(15-13-9)8-3-2-4-14-6-8/h7-8H,2-6,11H2,1H3. The first kappa shape index (κ1) is 10.6. The fourth-order valence-electron chi connectivity index (χ4n) is 1.65. The van der Waals surface area contributed by atoms with Gasteiger partial charge in [0.25, 0.3) is 0 Å². The normalized spacial score (nSPS) is 24.0. The summed E-state index contributed by atoms with van der Waals surface area (Å²) in [6.07, 6.45) is 2.13. The molecule has 0 bridgehead atoms. The van der Waals surface area contributed by atoms with Crippen molar-refractivity contribution in [2.75, 3.05) is 19.8 Å². The Balaban J connectivity index is 2.05. The van der Waals surface area contributed by atoms with Gasteiger partial charge in [0.2, 0.25) is 5.89 Å². The van der Waals surface area contributed by atoms with E-state index in [4.69, 9.17) is 15.0 Å². The van der Waals surface area contributed by atoms with Gasteiger partial charge >= 0.3 is 0 Å². The lowest BCUT2D eigenvalue weighted by Gasteiger charge is -2.18. The fraction of sp³-hybridized carbons (Fsp3) is 0.800. The van der Waals surface area contributed by atoms with Crippen molar-refractivity contribution in [1.29, 1.82) is 0 Å². The van der Waals surface area contributed by atoms with E-state index >= 15 is 0 Å². The van der Waals surface area contributed by atoms with E-state index in [1.54, 1.807) is 0 Å². The Bertz CT molecular complexity index is 307. The summed E-state index contributed by atoms with van der Waals surface area (Å²) < 4.78 is 10.6. The number of hydrogen-bond donors (Lipinski definition) is 1. The minimum Gasteiger partial charge on any atom is -0.381 e. The van der Waals surface area contributed by atoms with Crippen molar-refractivity contribution in [3.63, 3.8) is 0 Å². The van der Waals surface area contributed by atoms with Crippen LogP contribution in [0.15, 0.2) is 4.52 Å². The number of nitrogens with zero attached hydrogens (tertiary/aromatic N) is 2. The highest BCUT2D eigenvalue weighted by atomic mass is 16.5. The van der Waals surface area contributed by atoms with Crippen LogP contribution in [0.2, 0.25) is 0 Å². The smallest absolute Gasteiger partial charge is 0.232 e. The van der Waals surface area contributed by atoms with Crippen LogP contribution in [0.25, 0.3) is 0 Å². The molecule has 5 heteroatoms. The summed E-state index contributed by atoms with van der Waals surface area (Å²) in [6, 6.07) is 0. The molecule has 1 aliphatic rings. The van der Waals surface area contributed by atoms with Crippen molar-refractivity contribution < 1.29 is 9.26 Å². The molecule has 1 saturated heterocycles. The maximum atomic E-state index is 5.55. The van der Waals surface area contributed by atoms with Crippen LogP contribution in [0, 0.1) is 0 Å². The molecule has 1 aromatic heterocycles. The molecule has 84 valence electrons. The Morgan fingerprint density at radius 3 is 3.13 bits per heavy atom. The van der Waals surface area contributed by atoms with Crippen molar-refractivity contribution in [3.05, 3.63) is 11.7 Å². The second-order valence-corrected chi connectivity index (χ2v) is 4.04. The van der Waals surface area contributed by atoms with E-state index in [9.17, 15) is 0 Å². The molecule has 2 atom stereocenters. The summed E-state index contributed by atoms with van der Waals surface area (Å²) in [5, 5.41) is 3.94. The van der Waals surface area contributed by atoms with E-state index in [2.05, 4.69) is 10.1 Å². The average molecular weight is 211 g/mol. The molecule has 5 nitrogen and oxygen atoms in total. The van der Waals surface area contributed by atoms with E-state index in [-0.39, 0.29) is 11.8 Å². The molecule has 1 fully saturated rings. The number of ether oxygens (including phenoxy) is 1. The summed E-state index contributed by atoms with van der Waals surface area (Å²) in [5.41, 5.74) is 5.55. The maximum absolute atomic E-state index is 5.55. The second kappa shape index (κ2) is 4.72. The zero-order valence-corrected chi connectivity index (χ0v) is 8.98. The zero-order valence-electron chi connectivity index (χ0n) is 8.98. The van der Waals surface area contributed by atoms with Gasteiger partial charge in [-0.05, 0) is 12.8 Å². The van der Waals surface area contributed by atoms with Gasteiger partial charge in [0.15, 0.2) is 5.82 Å². The maximum Gasteiger partial charge on any atom is 0.232 e. The minimum absolute atomic E-state index is 0.159. The van der Waals surface area contributed by atoms with E-state index in [1.807, 2.05) is 6.92 Å². The van der Waals surface area contributed by atoms with Gasteiger partial charge in [-0.2, -0.15) is 4.98 Å². The topological polar surface area (TPSA) is 74.2 Å². The van der Waals surface area contributed by atoms with Crippen LogP contribution in [0.1, 0.15) is 43.3 Å². The molecule has 0 radical (unpaired) electrons. The van der Waals surface area contributed by atoms with E-state index < -0.39 is 0 Å². The van der Waals surface area contributed by atoms with E-state index in [0.29, 0.717) is 24.9 Å². The van der Waals surface area contributed by atoms with Crippen LogP contribution in [-0.2, 0) is 4.74 Å². The van der Waals surface area contributed by atoms with Crippen molar-refractivity contribution in [2.45, 2.75) is 31.6 Å². The SMILES string of the molecule is CC(CN)c1noc(C2CCCOC2)n1. The average Bonchev–Trinajstić information content (AvgIpc) is 2.78. The van der Waals surface area contributed by atoms with Gasteiger partial charge in [-0.15, -0.1) is 0 Å². The first-order valence-corrected chi connectivity index (χ1v) is 5.42. The predicted molar refractivity (Wildman–Crippen MR) is 54.6 cm³/mol. The van der Waals surface area contributed by atoms with Gasteiger partial charge in [0, 0.05) is 19.1 Å². The van der Waals surface area contributed by atoms with Crippen LogP contribution < -0.4 is 5.73 Å². The summed E-state index contributed by atoms with van der Waals surface area (Å²) in [7, 11) is 0. The van der Waals surface area contributed by atoms with Gasteiger partial charge in [-0.25, -0.2) is 0 Å². The Hall–Kier alpha value is -0.940. The highest BCUT2D eigenvalue weighted by molar-refractivity contribution is 4.99. The molecule has 0 aliphatic carbocycles. The molecule has 15 heavy (non-hydrogen) atoms. The first-order chi connectivity index (χ1) is 7.31. The summed E-state index contributed by atoms with van der Waals surface area (Å²) in [5.74, 6) is 1.83. The molecule has 0 spiro atoms. The second-order valence-electron chi connectivity index (χ2n) is 4.04. The Kier molecular flexibility index (Phi) is 3.33. The molecular formula is C10H17N3O2. The molecule has 2 rings (SSSR count). The highest BCUT2D eigenvalue weighted by Gasteiger charge is 2.23. The zero-order chi connectivity index (χ0) is 10.7. The molecule has 0 aromatic carbocycles. The third kappa shape index (κ3) is 2.35. The Labute approximate surface area is 89.0 Å². The lowest BCUT2D eigenvalue weighted by atomic mass is 10.0. The first-order valence-electron chi connectivity index (χ1n) is 5.42. The van der Waals surface area contributed by atoms with E-state index in [1.165, 1.54) is 0 Å². The number of rotatable bonds is 3. The lowest BCUT2D eigenvalue weighted by molar-refractivity contribution is 0.0705. The van der Waals surface area contributed by atoms with Crippen molar-refractivity contribution >= 4 is 0 Å². The summed E-state index contributed by atoms with van der Waals surface area (Å²) >= 11 is 0. The molecule has 1 aromatic rings. The van der Waals surface area contributed by atoms with Crippen molar-refractivity contribution in [1.82, 2.24) is 10.1 Å². The van der Waals surface area contributed by atoms with Crippen LogP contribution >= 0.6 is 0 Å².